The molecule has 7 heteroatoms. The van der Waals surface area contributed by atoms with Gasteiger partial charge in [0, 0.05) is 18.9 Å². The van der Waals surface area contributed by atoms with Crippen molar-refractivity contribution in [3.63, 3.8) is 0 Å². The Hall–Kier alpha value is -1.92. The Morgan fingerprint density at radius 3 is 2.86 bits per heavy atom. The van der Waals surface area contributed by atoms with Gasteiger partial charge >= 0.3 is 0 Å². The molecule has 0 bridgehead atoms. The zero-order chi connectivity index (χ0) is 14.4. The second-order valence-corrected chi connectivity index (χ2v) is 6.39. The molecule has 0 aromatic carbocycles. The summed E-state index contributed by atoms with van der Waals surface area (Å²) in [6.45, 7) is 1.53. The van der Waals surface area contributed by atoms with Crippen molar-refractivity contribution in [3.8, 4) is 0 Å². The molecule has 21 heavy (non-hydrogen) atoms. The van der Waals surface area contributed by atoms with Gasteiger partial charge in [-0.25, -0.2) is 0 Å². The van der Waals surface area contributed by atoms with Crippen LogP contribution in [0.5, 0.6) is 0 Å². The number of hydrogen-bond acceptors (Lipinski definition) is 4. The molecule has 1 saturated heterocycles. The smallest absolute Gasteiger partial charge is 0.243 e. The van der Waals surface area contributed by atoms with Crippen LogP contribution in [0.25, 0.3) is 0 Å². The number of amides is 2. The first-order valence-electron chi connectivity index (χ1n) is 7.66. The lowest BCUT2D eigenvalue weighted by Crippen LogP contribution is -2.38. The molecule has 7 nitrogen and oxygen atoms in total. The zero-order valence-electron chi connectivity index (χ0n) is 11.9. The summed E-state index contributed by atoms with van der Waals surface area (Å²) in [5, 5.41) is 10.8. The minimum Gasteiger partial charge on any atom is -0.323 e. The summed E-state index contributed by atoms with van der Waals surface area (Å²) in [4.78, 5) is 28.2. The number of nitrogens with one attached hydrogen (secondary N) is 1. The molecule has 1 aromatic heterocycles. The van der Waals surface area contributed by atoms with Gasteiger partial charge in [-0.15, -0.1) is 0 Å². The van der Waals surface area contributed by atoms with Crippen LogP contribution in [-0.2, 0) is 22.4 Å². The number of fused-ring (bicyclic) bond motifs is 1. The summed E-state index contributed by atoms with van der Waals surface area (Å²) in [7, 11) is 0. The van der Waals surface area contributed by atoms with Crippen LogP contribution in [0.4, 0.5) is 0 Å². The van der Waals surface area contributed by atoms with E-state index in [0.717, 1.165) is 30.8 Å². The number of aryl methyl sites for hydroxylation is 1. The van der Waals surface area contributed by atoms with Crippen LogP contribution in [0.1, 0.15) is 30.7 Å². The monoisotopic (exact) mass is 289 g/mol. The highest BCUT2D eigenvalue weighted by Crippen LogP contribution is 2.31. The predicted octanol–water partition coefficient (Wildman–Crippen LogP) is -0.0521. The van der Waals surface area contributed by atoms with Gasteiger partial charge in [-0.3, -0.25) is 9.59 Å². The number of aromatic nitrogens is 3. The van der Waals surface area contributed by atoms with Crippen molar-refractivity contribution >= 4 is 11.8 Å². The summed E-state index contributed by atoms with van der Waals surface area (Å²) in [6, 6.07) is 0. The molecule has 1 N–H and O–H groups in total. The fraction of sp³-hybridized carbons (Fsp3) is 0.714. The van der Waals surface area contributed by atoms with Gasteiger partial charge in [0.25, 0.3) is 0 Å². The van der Waals surface area contributed by atoms with E-state index in [9.17, 15) is 9.59 Å². The van der Waals surface area contributed by atoms with E-state index in [4.69, 9.17) is 0 Å². The highest BCUT2D eigenvalue weighted by Gasteiger charge is 2.38. The average molecular weight is 289 g/mol. The summed E-state index contributed by atoms with van der Waals surface area (Å²) < 4.78 is 0. The minimum absolute atomic E-state index is 0.0590. The average Bonchev–Trinajstić information content (AvgIpc) is 3.05. The highest BCUT2D eigenvalue weighted by molar-refractivity contribution is 5.89. The largest absolute Gasteiger partial charge is 0.323 e. The van der Waals surface area contributed by atoms with Crippen LogP contribution < -0.4 is 0 Å². The number of carbonyl (C=O) groups excluding carboxylic acids is 2. The standard InChI is InChI=1S/C14H19N5O2/c20-13-7-19(8-18(13)6-9-1-2-9)14(21)10-3-4-11-12(5-10)16-17-15-11/h9-10H,1-8H2,(H,15,16,17). The lowest BCUT2D eigenvalue weighted by molar-refractivity contribution is -0.136. The fourth-order valence-electron chi connectivity index (χ4n) is 3.27. The van der Waals surface area contributed by atoms with Gasteiger partial charge in [-0.1, -0.05) is 0 Å². The number of carbonyl (C=O) groups is 2. The Bertz CT molecular complexity index is 580. The van der Waals surface area contributed by atoms with Crippen LogP contribution in [0.2, 0.25) is 0 Å². The van der Waals surface area contributed by atoms with Crippen LogP contribution in [-0.4, -0.2) is 56.8 Å². The van der Waals surface area contributed by atoms with Crippen molar-refractivity contribution in [1.29, 1.82) is 0 Å². The lowest BCUT2D eigenvalue weighted by atomic mass is 9.89. The van der Waals surface area contributed by atoms with Gasteiger partial charge in [0.1, 0.15) is 6.54 Å². The first kappa shape index (κ1) is 12.8. The van der Waals surface area contributed by atoms with Crippen molar-refractivity contribution in [1.82, 2.24) is 25.2 Å². The molecule has 1 unspecified atom stereocenters. The Morgan fingerprint density at radius 1 is 1.24 bits per heavy atom. The van der Waals surface area contributed by atoms with Crippen molar-refractivity contribution < 1.29 is 9.59 Å². The molecule has 2 aliphatic carbocycles. The number of hydrogen-bond donors (Lipinski definition) is 1. The lowest BCUT2D eigenvalue weighted by Gasteiger charge is -2.25. The quantitative estimate of drug-likeness (QED) is 0.845. The molecule has 112 valence electrons. The van der Waals surface area contributed by atoms with Crippen LogP contribution in [0.15, 0.2) is 0 Å². The summed E-state index contributed by atoms with van der Waals surface area (Å²) in [6.07, 6.45) is 4.66. The molecule has 2 amide bonds. The third kappa shape index (κ3) is 2.41. The maximum absolute atomic E-state index is 12.6. The Labute approximate surface area is 122 Å². The normalized spacial score (nSPS) is 25.3. The number of rotatable bonds is 3. The van der Waals surface area contributed by atoms with Crippen molar-refractivity contribution in [3.05, 3.63) is 11.4 Å². The highest BCUT2D eigenvalue weighted by atomic mass is 16.2. The molecular weight excluding hydrogens is 270 g/mol. The molecule has 0 radical (unpaired) electrons. The van der Waals surface area contributed by atoms with E-state index in [1.54, 1.807) is 4.90 Å². The fourth-order valence-corrected chi connectivity index (χ4v) is 3.27. The van der Waals surface area contributed by atoms with Gasteiger partial charge in [-0.2, -0.15) is 15.4 Å². The molecular formula is C14H19N5O2. The van der Waals surface area contributed by atoms with Crippen molar-refractivity contribution in [2.75, 3.05) is 19.8 Å². The van der Waals surface area contributed by atoms with Gasteiger partial charge in [0.2, 0.25) is 11.8 Å². The molecule has 1 atom stereocenters. The summed E-state index contributed by atoms with van der Waals surface area (Å²) in [5.74, 6) is 0.788. The van der Waals surface area contributed by atoms with Crippen LogP contribution in [0, 0.1) is 11.8 Å². The summed E-state index contributed by atoms with van der Waals surface area (Å²) >= 11 is 0. The van der Waals surface area contributed by atoms with E-state index < -0.39 is 0 Å². The van der Waals surface area contributed by atoms with Crippen LogP contribution in [0.3, 0.4) is 0 Å². The van der Waals surface area contributed by atoms with Gasteiger partial charge in [0.05, 0.1) is 18.1 Å². The second kappa shape index (κ2) is 4.82. The molecule has 1 saturated carbocycles. The SMILES string of the molecule is O=C1CN(C(=O)C2CCc3n[nH]nc3C2)CN1CC1CC1. The zero-order valence-corrected chi connectivity index (χ0v) is 11.9. The molecule has 2 heterocycles. The molecule has 1 aromatic rings. The third-order valence-corrected chi connectivity index (χ3v) is 4.73. The van der Waals surface area contributed by atoms with E-state index in [2.05, 4.69) is 15.4 Å². The van der Waals surface area contributed by atoms with Gasteiger partial charge < -0.3 is 9.80 Å². The van der Waals surface area contributed by atoms with E-state index in [1.807, 2.05) is 4.90 Å². The van der Waals surface area contributed by atoms with E-state index in [1.165, 1.54) is 12.8 Å². The second-order valence-electron chi connectivity index (χ2n) is 6.39. The minimum atomic E-state index is -0.0590. The molecule has 0 spiro atoms. The Morgan fingerprint density at radius 2 is 2.05 bits per heavy atom. The van der Waals surface area contributed by atoms with Crippen LogP contribution >= 0.6 is 0 Å². The van der Waals surface area contributed by atoms with Gasteiger partial charge in [0.15, 0.2) is 0 Å². The molecule has 3 aliphatic rings. The van der Waals surface area contributed by atoms with Crippen molar-refractivity contribution in [2.24, 2.45) is 11.8 Å². The van der Waals surface area contributed by atoms with E-state index >= 15 is 0 Å². The summed E-state index contributed by atoms with van der Waals surface area (Å²) in [5.41, 5.74) is 1.88. The molecule has 1 aliphatic heterocycles. The molecule has 2 fully saturated rings. The Kier molecular flexibility index (Phi) is 2.94. The predicted molar refractivity (Wildman–Crippen MR) is 72.9 cm³/mol. The number of aromatic amines is 1. The maximum Gasteiger partial charge on any atom is 0.243 e. The van der Waals surface area contributed by atoms with E-state index in [0.29, 0.717) is 19.0 Å². The van der Waals surface area contributed by atoms with E-state index in [-0.39, 0.29) is 24.3 Å². The first-order valence-corrected chi connectivity index (χ1v) is 7.66. The third-order valence-electron chi connectivity index (χ3n) is 4.73. The van der Waals surface area contributed by atoms with Gasteiger partial charge in [-0.05, 0) is 31.6 Å². The Balaban J connectivity index is 1.40. The first-order chi connectivity index (χ1) is 10.2. The number of H-pyrrole nitrogens is 1. The van der Waals surface area contributed by atoms with Crippen molar-refractivity contribution in [2.45, 2.75) is 32.1 Å². The maximum atomic E-state index is 12.6. The topological polar surface area (TPSA) is 82.2 Å². The molecule has 4 rings (SSSR count). The number of nitrogens with zero attached hydrogens (tertiary/aromatic N) is 4.